The molecular formula is C12H18O3. The first-order chi connectivity index (χ1) is 7.20. The van der Waals surface area contributed by atoms with Crippen LogP contribution in [0.1, 0.15) is 45.4 Å². The maximum Gasteiger partial charge on any atom is 0.169 e. The number of fused-ring (bicyclic) bond motifs is 1. The average molecular weight is 210 g/mol. The lowest BCUT2D eigenvalue weighted by molar-refractivity contribution is -0.201. The van der Waals surface area contributed by atoms with E-state index in [9.17, 15) is 4.79 Å². The van der Waals surface area contributed by atoms with Gasteiger partial charge in [0.15, 0.2) is 11.6 Å². The monoisotopic (exact) mass is 210 g/mol. The topological polar surface area (TPSA) is 35.5 Å². The summed E-state index contributed by atoms with van der Waals surface area (Å²) in [5.74, 6) is 0.191. The summed E-state index contributed by atoms with van der Waals surface area (Å²) in [7, 11) is 0. The second-order valence-corrected chi connectivity index (χ2v) is 5.24. The quantitative estimate of drug-likeness (QED) is 0.613. The molecule has 3 rings (SSSR count). The second kappa shape index (κ2) is 3.29. The van der Waals surface area contributed by atoms with Gasteiger partial charge in [0.1, 0.15) is 6.10 Å². The molecule has 3 heteroatoms. The van der Waals surface area contributed by atoms with Gasteiger partial charge in [-0.2, -0.15) is 0 Å². The molecule has 0 aromatic carbocycles. The lowest BCUT2D eigenvalue weighted by atomic mass is 9.94. The minimum atomic E-state index is -0.391. The van der Waals surface area contributed by atoms with Crippen LogP contribution in [0.3, 0.4) is 0 Å². The molecule has 1 spiro atoms. The maximum atomic E-state index is 11.7. The minimum absolute atomic E-state index is 0.0376. The molecule has 84 valence electrons. The summed E-state index contributed by atoms with van der Waals surface area (Å²) in [5, 5.41) is 0. The molecular weight excluding hydrogens is 192 g/mol. The van der Waals surface area contributed by atoms with Crippen LogP contribution in [0, 0.1) is 5.92 Å². The third kappa shape index (κ3) is 1.44. The average Bonchev–Trinajstić information content (AvgIpc) is 2.69. The van der Waals surface area contributed by atoms with Crippen molar-refractivity contribution in [2.24, 2.45) is 5.92 Å². The van der Waals surface area contributed by atoms with Gasteiger partial charge in [-0.05, 0) is 18.8 Å². The van der Waals surface area contributed by atoms with Gasteiger partial charge >= 0.3 is 0 Å². The van der Waals surface area contributed by atoms with Gasteiger partial charge in [-0.15, -0.1) is 0 Å². The van der Waals surface area contributed by atoms with E-state index in [2.05, 4.69) is 6.92 Å². The molecule has 3 atom stereocenters. The fraction of sp³-hybridized carbons (Fsp3) is 0.917. The highest BCUT2D eigenvalue weighted by atomic mass is 16.8. The molecule has 15 heavy (non-hydrogen) atoms. The molecule has 3 aliphatic rings. The Morgan fingerprint density at radius 3 is 2.60 bits per heavy atom. The number of ketones is 1. The zero-order valence-electron chi connectivity index (χ0n) is 9.20. The Bertz CT molecular complexity index is 281. The number of Topliss-reactive ketones (excluding diaryl/α,β-unsaturated/α-hetero) is 1. The van der Waals surface area contributed by atoms with E-state index in [0.717, 1.165) is 12.8 Å². The van der Waals surface area contributed by atoms with E-state index in [1.54, 1.807) is 0 Å². The number of carbonyl (C=O) groups excluding carboxylic acids is 1. The fourth-order valence-corrected chi connectivity index (χ4v) is 3.18. The Labute approximate surface area is 90.1 Å². The number of hydrogen-bond donors (Lipinski definition) is 0. The minimum Gasteiger partial charge on any atom is -0.343 e. The van der Waals surface area contributed by atoms with Crippen molar-refractivity contribution in [1.29, 1.82) is 0 Å². The first kappa shape index (κ1) is 9.79. The van der Waals surface area contributed by atoms with Crippen LogP contribution in [0.5, 0.6) is 0 Å². The molecule has 0 amide bonds. The van der Waals surface area contributed by atoms with Crippen molar-refractivity contribution < 1.29 is 14.3 Å². The molecule has 0 bridgehead atoms. The van der Waals surface area contributed by atoms with E-state index in [0.29, 0.717) is 12.3 Å². The number of carbonyl (C=O) groups is 1. The molecule has 1 heterocycles. The molecule has 3 fully saturated rings. The molecule has 1 saturated heterocycles. The largest absolute Gasteiger partial charge is 0.343 e. The summed E-state index contributed by atoms with van der Waals surface area (Å²) >= 11 is 0. The Balaban J connectivity index is 1.79. The van der Waals surface area contributed by atoms with Crippen molar-refractivity contribution in [2.75, 3.05) is 0 Å². The summed E-state index contributed by atoms with van der Waals surface area (Å²) in [6, 6.07) is 0. The standard InChI is InChI=1S/C12H18O3/c1-8-7-9(13)11-10(8)14-12(15-11)5-3-2-4-6-12/h8,10-11H,2-7H2,1H3/t8-,10+,11-/m0/s1. The molecule has 3 nitrogen and oxygen atoms in total. The molecule has 0 unspecified atom stereocenters. The van der Waals surface area contributed by atoms with Crippen LogP contribution in [0.2, 0.25) is 0 Å². The van der Waals surface area contributed by atoms with Gasteiger partial charge in [0, 0.05) is 19.3 Å². The summed E-state index contributed by atoms with van der Waals surface area (Å²) in [6.07, 6.45) is 5.97. The van der Waals surface area contributed by atoms with Crippen LogP contribution in [-0.4, -0.2) is 23.8 Å². The normalized spacial score (nSPS) is 43.5. The molecule has 0 radical (unpaired) electrons. The summed E-state index contributed by atoms with van der Waals surface area (Å²) in [6.45, 7) is 2.09. The fourth-order valence-electron chi connectivity index (χ4n) is 3.18. The summed E-state index contributed by atoms with van der Waals surface area (Å²) < 4.78 is 12.0. The SMILES string of the molecule is C[C@H]1CC(=O)[C@@H]2OC3(CCCCC3)O[C@H]12. The van der Waals surface area contributed by atoms with Crippen LogP contribution >= 0.6 is 0 Å². The zero-order chi connectivity index (χ0) is 10.5. The van der Waals surface area contributed by atoms with Crippen LogP contribution in [-0.2, 0) is 14.3 Å². The van der Waals surface area contributed by atoms with E-state index in [1.165, 1.54) is 19.3 Å². The smallest absolute Gasteiger partial charge is 0.169 e. The number of hydrogen-bond acceptors (Lipinski definition) is 3. The molecule has 2 saturated carbocycles. The van der Waals surface area contributed by atoms with Gasteiger partial charge in [0.2, 0.25) is 0 Å². The van der Waals surface area contributed by atoms with Gasteiger partial charge in [0.05, 0.1) is 6.10 Å². The van der Waals surface area contributed by atoms with Crippen LogP contribution < -0.4 is 0 Å². The summed E-state index contributed by atoms with van der Waals surface area (Å²) in [4.78, 5) is 11.7. The highest BCUT2D eigenvalue weighted by Gasteiger charge is 2.55. The molecule has 1 aliphatic heterocycles. The Morgan fingerprint density at radius 1 is 1.20 bits per heavy atom. The Hall–Kier alpha value is -0.410. The van der Waals surface area contributed by atoms with E-state index in [4.69, 9.17) is 9.47 Å². The highest BCUT2D eigenvalue weighted by molar-refractivity contribution is 5.86. The lowest BCUT2D eigenvalue weighted by Gasteiger charge is -2.32. The number of rotatable bonds is 0. The first-order valence-corrected chi connectivity index (χ1v) is 6.09. The van der Waals surface area contributed by atoms with Crippen molar-refractivity contribution in [3.8, 4) is 0 Å². The van der Waals surface area contributed by atoms with E-state index >= 15 is 0 Å². The second-order valence-electron chi connectivity index (χ2n) is 5.24. The molecule has 0 aromatic rings. The van der Waals surface area contributed by atoms with Crippen LogP contribution in [0.15, 0.2) is 0 Å². The van der Waals surface area contributed by atoms with E-state index in [-0.39, 0.29) is 18.0 Å². The molecule has 2 aliphatic carbocycles. The first-order valence-electron chi connectivity index (χ1n) is 6.09. The van der Waals surface area contributed by atoms with E-state index in [1.807, 2.05) is 0 Å². The van der Waals surface area contributed by atoms with Gasteiger partial charge in [0.25, 0.3) is 0 Å². The summed E-state index contributed by atoms with van der Waals surface area (Å²) in [5.41, 5.74) is 0. The van der Waals surface area contributed by atoms with Crippen molar-refractivity contribution in [1.82, 2.24) is 0 Å². The van der Waals surface area contributed by atoms with Crippen LogP contribution in [0.25, 0.3) is 0 Å². The van der Waals surface area contributed by atoms with Crippen molar-refractivity contribution in [2.45, 2.75) is 63.4 Å². The Morgan fingerprint density at radius 2 is 1.93 bits per heavy atom. The van der Waals surface area contributed by atoms with E-state index < -0.39 is 5.79 Å². The molecule has 0 N–H and O–H groups in total. The number of ether oxygens (including phenoxy) is 2. The van der Waals surface area contributed by atoms with Gasteiger partial charge < -0.3 is 9.47 Å². The third-order valence-electron chi connectivity index (χ3n) is 4.01. The Kier molecular flexibility index (Phi) is 2.15. The van der Waals surface area contributed by atoms with Crippen molar-refractivity contribution in [3.63, 3.8) is 0 Å². The van der Waals surface area contributed by atoms with Crippen LogP contribution in [0.4, 0.5) is 0 Å². The predicted molar refractivity (Wildman–Crippen MR) is 54.4 cm³/mol. The molecule has 0 aromatic heterocycles. The predicted octanol–water partition coefficient (Wildman–Crippen LogP) is 2.04. The van der Waals surface area contributed by atoms with Gasteiger partial charge in [-0.25, -0.2) is 0 Å². The lowest BCUT2D eigenvalue weighted by Crippen LogP contribution is -2.35. The van der Waals surface area contributed by atoms with Crippen molar-refractivity contribution >= 4 is 5.78 Å². The third-order valence-corrected chi connectivity index (χ3v) is 4.01. The van der Waals surface area contributed by atoms with Crippen molar-refractivity contribution in [3.05, 3.63) is 0 Å². The zero-order valence-corrected chi connectivity index (χ0v) is 9.20. The highest BCUT2D eigenvalue weighted by Crippen LogP contribution is 2.45. The van der Waals surface area contributed by atoms with Gasteiger partial charge in [-0.3, -0.25) is 4.79 Å². The maximum absolute atomic E-state index is 11.7. The van der Waals surface area contributed by atoms with Gasteiger partial charge in [-0.1, -0.05) is 13.3 Å².